The number of hydrogen-bond acceptors (Lipinski definition) is 2. The zero-order valence-electron chi connectivity index (χ0n) is 23.0. The van der Waals surface area contributed by atoms with Crippen LogP contribution >= 0.6 is 0 Å². The lowest BCUT2D eigenvalue weighted by Crippen LogP contribution is -2.08. The number of fused-ring (bicyclic) bond motifs is 6. The molecule has 42 heavy (non-hydrogen) atoms. The molecule has 0 amide bonds. The van der Waals surface area contributed by atoms with Gasteiger partial charge in [-0.15, -0.1) is 0 Å². The van der Waals surface area contributed by atoms with Gasteiger partial charge >= 0.3 is 0 Å². The fourth-order valence-corrected chi connectivity index (χ4v) is 6.86. The highest BCUT2D eigenvalue weighted by Gasteiger charge is 2.24. The molecule has 0 saturated heterocycles. The van der Waals surface area contributed by atoms with Crippen LogP contribution in [0.1, 0.15) is 30.5 Å². The van der Waals surface area contributed by atoms with Gasteiger partial charge in [0.25, 0.3) is 0 Å². The van der Waals surface area contributed by atoms with Crippen molar-refractivity contribution in [3.8, 4) is 29.0 Å². The number of rotatable bonds is 3. The first-order valence-corrected chi connectivity index (χ1v) is 14.4. The number of aromatic nitrogens is 2. The average molecular weight is 539 g/mol. The lowest BCUT2D eigenvalue weighted by atomic mass is 9.95. The molecule has 198 valence electrons. The van der Waals surface area contributed by atoms with E-state index >= 15 is 0 Å². The van der Waals surface area contributed by atoms with Gasteiger partial charge in [0.05, 0.1) is 28.7 Å². The molecule has 2 heterocycles. The van der Waals surface area contributed by atoms with Crippen molar-refractivity contribution in [1.82, 2.24) is 9.13 Å². The van der Waals surface area contributed by atoms with Gasteiger partial charge in [-0.2, -0.15) is 10.5 Å². The third-order valence-corrected chi connectivity index (χ3v) is 8.78. The second-order valence-corrected chi connectivity index (χ2v) is 11.1. The molecule has 4 heteroatoms. The minimum atomic E-state index is 0.742. The highest BCUT2D eigenvalue weighted by molar-refractivity contribution is 6.14. The number of nitrogens with zero attached hydrogens (tertiary/aromatic N) is 4. The first-order chi connectivity index (χ1) is 20.7. The fraction of sp³-hybridized carbons (Fsp3) is 0.105. The molecule has 0 fully saturated rings. The predicted molar refractivity (Wildman–Crippen MR) is 171 cm³/mol. The third kappa shape index (κ3) is 3.59. The van der Waals surface area contributed by atoms with Crippen molar-refractivity contribution in [3.63, 3.8) is 0 Å². The zero-order valence-corrected chi connectivity index (χ0v) is 23.0. The van der Waals surface area contributed by atoms with E-state index < -0.39 is 0 Å². The molecular weight excluding hydrogens is 512 g/mol. The van der Waals surface area contributed by atoms with E-state index in [1.165, 1.54) is 38.8 Å². The number of benzene rings is 4. The topological polar surface area (TPSA) is 57.4 Å². The summed E-state index contributed by atoms with van der Waals surface area (Å²) in [6, 6.07) is 37.3. The molecule has 6 aromatic rings. The molecule has 0 atom stereocenters. The lowest BCUT2D eigenvalue weighted by molar-refractivity contribution is 0.846. The first-order valence-electron chi connectivity index (χ1n) is 14.4. The number of para-hydroxylation sites is 3. The van der Waals surface area contributed by atoms with Crippen LogP contribution in [0.5, 0.6) is 0 Å². The molecule has 0 N–H and O–H groups in total. The molecule has 2 aromatic heterocycles. The van der Waals surface area contributed by atoms with Crippen molar-refractivity contribution in [2.75, 3.05) is 0 Å². The third-order valence-electron chi connectivity index (χ3n) is 8.78. The molecular formula is C38H26N4. The van der Waals surface area contributed by atoms with Gasteiger partial charge in [0, 0.05) is 55.5 Å². The summed E-state index contributed by atoms with van der Waals surface area (Å²) in [5, 5.41) is 22.8. The maximum Gasteiger partial charge on any atom is 0.0947 e. The Morgan fingerprint density at radius 3 is 2.19 bits per heavy atom. The summed E-state index contributed by atoms with van der Waals surface area (Å²) in [6.07, 6.45) is 9.26. The number of nitriles is 2. The average Bonchev–Trinajstić information content (AvgIpc) is 3.57. The van der Waals surface area contributed by atoms with Gasteiger partial charge < -0.3 is 9.13 Å². The van der Waals surface area contributed by atoms with E-state index in [0.717, 1.165) is 64.5 Å². The molecule has 2 aliphatic rings. The molecule has 0 bridgehead atoms. The largest absolute Gasteiger partial charge is 0.317 e. The maximum atomic E-state index is 9.70. The smallest absolute Gasteiger partial charge is 0.0947 e. The van der Waals surface area contributed by atoms with Crippen LogP contribution in [0.15, 0.2) is 114 Å². The Morgan fingerprint density at radius 1 is 0.595 bits per heavy atom. The van der Waals surface area contributed by atoms with Crippen LogP contribution in [0, 0.1) is 22.7 Å². The van der Waals surface area contributed by atoms with Crippen molar-refractivity contribution < 1.29 is 0 Å². The van der Waals surface area contributed by atoms with Crippen LogP contribution in [0.25, 0.3) is 61.3 Å². The van der Waals surface area contributed by atoms with Gasteiger partial charge in [-0.3, -0.25) is 0 Å². The standard InChI is InChI=1S/C38H26N4/c39-23-25-13-17-29(18-14-25)41-36-20-15-26(24-40)21-34(36)32-19-16-27(22-37(32)41)30-10-6-11-33-31-9-4-5-12-35(31)42(38(30)33)28-7-2-1-3-8-28/h1-13,16-17,19,21-22H,14-15,18,20H2. The van der Waals surface area contributed by atoms with E-state index in [9.17, 15) is 10.5 Å². The van der Waals surface area contributed by atoms with Crippen molar-refractivity contribution in [1.29, 1.82) is 10.5 Å². The van der Waals surface area contributed by atoms with Crippen LogP contribution in [0.4, 0.5) is 0 Å². The summed E-state index contributed by atoms with van der Waals surface area (Å²) >= 11 is 0. The molecule has 0 aliphatic heterocycles. The Labute approximate surface area is 244 Å². The molecule has 8 rings (SSSR count). The Hall–Kier alpha value is -5.58. The van der Waals surface area contributed by atoms with Crippen LogP contribution in [0.3, 0.4) is 0 Å². The molecule has 0 unspecified atom stereocenters. The van der Waals surface area contributed by atoms with E-state index in [4.69, 9.17) is 0 Å². The van der Waals surface area contributed by atoms with Crippen LogP contribution in [0.2, 0.25) is 0 Å². The molecule has 2 aliphatic carbocycles. The minimum Gasteiger partial charge on any atom is -0.317 e. The van der Waals surface area contributed by atoms with Crippen LogP contribution in [-0.4, -0.2) is 9.13 Å². The van der Waals surface area contributed by atoms with Gasteiger partial charge in [-0.25, -0.2) is 0 Å². The quantitative estimate of drug-likeness (QED) is 0.225. The van der Waals surface area contributed by atoms with Gasteiger partial charge in [0.2, 0.25) is 0 Å². The summed E-state index contributed by atoms with van der Waals surface area (Å²) < 4.78 is 4.78. The number of allylic oxidation sites excluding steroid dienone is 5. The molecule has 0 saturated carbocycles. The van der Waals surface area contributed by atoms with Gasteiger partial charge in [0.15, 0.2) is 0 Å². The SMILES string of the molecule is N#CC1=CC=C(n2c3c(c4ccc(-c5cccc6c7ccccc7n(-c7ccccc7)c56)cc42)C=C(C#N)CC3)CC1. The highest BCUT2D eigenvalue weighted by atomic mass is 15.0. The predicted octanol–water partition coefficient (Wildman–Crippen LogP) is 9.34. The highest BCUT2D eigenvalue weighted by Crippen LogP contribution is 2.42. The molecule has 0 spiro atoms. The summed E-state index contributed by atoms with van der Waals surface area (Å²) in [5.74, 6) is 0. The van der Waals surface area contributed by atoms with Gasteiger partial charge in [-0.05, 0) is 73.7 Å². The van der Waals surface area contributed by atoms with E-state index in [-0.39, 0.29) is 0 Å². The molecule has 4 nitrogen and oxygen atoms in total. The minimum absolute atomic E-state index is 0.742. The van der Waals surface area contributed by atoms with Crippen LogP contribution < -0.4 is 0 Å². The molecule has 4 aromatic carbocycles. The summed E-state index contributed by atoms with van der Waals surface area (Å²) in [7, 11) is 0. The van der Waals surface area contributed by atoms with Crippen molar-refractivity contribution >= 4 is 44.5 Å². The van der Waals surface area contributed by atoms with E-state index in [1.54, 1.807) is 0 Å². The fourth-order valence-electron chi connectivity index (χ4n) is 6.86. The summed E-state index contributed by atoms with van der Waals surface area (Å²) in [4.78, 5) is 0. The van der Waals surface area contributed by atoms with Gasteiger partial charge in [0.1, 0.15) is 0 Å². The molecule has 0 radical (unpaired) electrons. The van der Waals surface area contributed by atoms with E-state index in [1.807, 2.05) is 6.08 Å². The summed E-state index contributed by atoms with van der Waals surface area (Å²) in [6.45, 7) is 0. The Kier molecular flexibility index (Phi) is 5.49. The lowest BCUT2D eigenvalue weighted by Gasteiger charge is -2.19. The maximum absolute atomic E-state index is 9.70. The Bertz CT molecular complexity index is 2260. The first kappa shape index (κ1) is 24.2. The Morgan fingerprint density at radius 2 is 1.38 bits per heavy atom. The van der Waals surface area contributed by atoms with Crippen molar-refractivity contribution in [3.05, 3.63) is 126 Å². The Balaban J connectivity index is 1.43. The van der Waals surface area contributed by atoms with Gasteiger partial charge in [-0.1, -0.05) is 66.7 Å². The summed E-state index contributed by atoms with van der Waals surface area (Å²) in [5.41, 5.74) is 12.2. The monoisotopic (exact) mass is 538 g/mol. The van der Waals surface area contributed by atoms with E-state index in [2.05, 4.69) is 124 Å². The second kappa shape index (κ2) is 9.51. The van der Waals surface area contributed by atoms with Crippen LogP contribution in [-0.2, 0) is 6.42 Å². The van der Waals surface area contributed by atoms with E-state index in [0.29, 0.717) is 0 Å². The number of hydrogen-bond donors (Lipinski definition) is 0. The van der Waals surface area contributed by atoms with Crippen molar-refractivity contribution in [2.45, 2.75) is 25.7 Å². The zero-order chi connectivity index (χ0) is 28.2. The van der Waals surface area contributed by atoms with Crippen molar-refractivity contribution in [2.24, 2.45) is 0 Å². The second-order valence-electron chi connectivity index (χ2n) is 11.1. The normalized spacial score (nSPS) is 14.7.